The first-order valence-corrected chi connectivity index (χ1v) is 9.03. The number of carbonyl (C=O) groups is 4. The van der Waals surface area contributed by atoms with Gasteiger partial charge in [0.15, 0.2) is 0 Å². The second-order valence-corrected chi connectivity index (χ2v) is 6.66. The van der Waals surface area contributed by atoms with Gasteiger partial charge in [0.05, 0.1) is 6.54 Å². The number of nitrogens with zero attached hydrogens (tertiary/aromatic N) is 2. The molecule has 0 radical (unpaired) electrons. The molecule has 7 nitrogen and oxygen atoms in total. The van der Waals surface area contributed by atoms with Gasteiger partial charge >= 0.3 is 0 Å². The average molecular weight is 357 g/mol. The van der Waals surface area contributed by atoms with Gasteiger partial charge in [-0.05, 0) is 30.5 Å². The minimum atomic E-state index is -0.237. The Morgan fingerprint density at radius 3 is 2.19 bits per heavy atom. The fourth-order valence-electron chi connectivity index (χ4n) is 3.25. The van der Waals surface area contributed by atoms with Crippen molar-refractivity contribution in [2.75, 3.05) is 19.6 Å². The molecule has 0 saturated carbocycles. The zero-order valence-electron chi connectivity index (χ0n) is 14.7. The molecule has 0 bridgehead atoms. The van der Waals surface area contributed by atoms with Crippen molar-refractivity contribution in [3.05, 3.63) is 35.4 Å². The number of benzene rings is 1. The molecule has 2 aliphatic heterocycles. The van der Waals surface area contributed by atoms with Crippen molar-refractivity contribution in [1.29, 1.82) is 0 Å². The van der Waals surface area contributed by atoms with E-state index in [9.17, 15) is 19.2 Å². The molecule has 26 heavy (non-hydrogen) atoms. The molecule has 3 rings (SSSR count). The van der Waals surface area contributed by atoms with Crippen LogP contribution in [0.5, 0.6) is 0 Å². The van der Waals surface area contributed by atoms with Crippen molar-refractivity contribution in [2.45, 2.75) is 38.6 Å². The van der Waals surface area contributed by atoms with E-state index in [1.807, 2.05) is 4.90 Å². The lowest BCUT2D eigenvalue weighted by Gasteiger charge is -2.15. The molecule has 0 spiro atoms. The average Bonchev–Trinajstić information content (AvgIpc) is 3.28. The monoisotopic (exact) mass is 357 g/mol. The second kappa shape index (κ2) is 8.12. The summed E-state index contributed by atoms with van der Waals surface area (Å²) in [5, 5.41) is 2.75. The Morgan fingerprint density at radius 1 is 0.962 bits per heavy atom. The van der Waals surface area contributed by atoms with E-state index in [1.54, 1.807) is 24.3 Å². The molecule has 7 heteroatoms. The Bertz CT molecular complexity index is 692. The highest BCUT2D eigenvalue weighted by atomic mass is 16.2. The minimum absolute atomic E-state index is 0.0816. The number of hydrogen-bond donors (Lipinski definition) is 1. The number of nitrogens with one attached hydrogen (secondary N) is 1. The molecule has 2 fully saturated rings. The van der Waals surface area contributed by atoms with Crippen molar-refractivity contribution >= 4 is 23.6 Å². The fraction of sp³-hybridized carbons (Fsp3) is 0.474. The van der Waals surface area contributed by atoms with Gasteiger partial charge in [0.25, 0.3) is 5.91 Å². The summed E-state index contributed by atoms with van der Waals surface area (Å²) < 4.78 is 0. The first-order chi connectivity index (χ1) is 12.5. The normalized spacial score (nSPS) is 17.1. The highest BCUT2D eigenvalue weighted by Gasteiger charge is 2.28. The Balaban J connectivity index is 1.46. The van der Waals surface area contributed by atoms with Crippen LogP contribution in [-0.4, -0.2) is 53.1 Å². The number of likely N-dealkylation sites (tertiary alicyclic amines) is 2. The summed E-state index contributed by atoms with van der Waals surface area (Å²) in [4.78, 5) is 50.5. The lowest BCUT2D eigenvalue weighted by Crippen LogP contribution is -2.32. The summed E-state index contributed by atoms with van der Waals surface area (Å²) in [6.07, 6.45) is 2.96. The molecule has 0 aliphatic carbocycles. The number of amides is 4. The van der Waals surface area contributed by atoms with Crippen LogP contribution < -0.4 is 5.32 Å². The first kappa shape index (κ1) is 18.1. The van der Waals surface area contributed by atoms with E-state index in [0.29, 0.717) is 18.5 Å². The lowest BCUT2D eigenvalue weighted by molar-refractivity contribution is -0.139. The van der Waals surface area contributed by atoms with Crippen LogP contribution in [0.15, 0.2) is 24.3 Å². The number of carbonyl (C=O) groups excluding carboxylic acids is 4. The van der Waals surface area contributed by atoms with Crippen molar-refractivity contribution in [3.8, 4) is 0 Å². The summed E-state index contributed by atoms with van der Waals surface area (Å²) in [5.74, 6) is -0.462. The molecule has 2 saturated heterocycles. The van der Waals surface area contributed by atoms with Gasteiger partial charge in [-0.1, -0.05) is 12.1 Å². The van der Waals surface area contributed by atoms with Gasteiger partial charge in [-0.15, -0.1) is 0 Å². The van der Waals surface area contributed by atoms with Crippen LogP contribution in [0.1, 0.15) is 48.0 Å². The third kappa shape index (κ3) is 4.28. The second-order valence-electron chi connectivity index (χ2n) is 6.66. The summed E-state index contributed by atoms with van der Waals surface area (Å²) in [6, 6.07) is 6.81. The van der Waals surface area contributed by atoms with Crippen LogP contribution in [-0.2, 0) is 20.9 Å². The molecular formula is C19H23N3O4. The molecule has 2 heterocycles. The van der Waals surface area contributed by atoms with Gasteiger partial charge in [0.1, 0.15) is 0 Å². The van der Waals surface area contributed by atoms with Gasteiger partial charge < -0.3 is 10.2 Å². The van der Waals surface area contributed by atoms with E-state index in [0.717, 1.165) is 31.5 Å². The van der Waals surface area contributed by atoms with Gasteiger partial charge in [-0.25, -0.2) is 0 Å². The van der Waals surface area contributed by atoms with Gasteiger partial charge in [-0.3, -0.25) is 24.1 Å². The molecule has 4 amide bonds. The van der Waals surface area contributed by atoms with E-state index in [-0.39, 0.29) is 43.0 Å². The molecular weight excluding hydrogens is 334 g/mol. The van der Waals surface area contributed by atoms with Crippen LogP contribution >= 0.6 is 0 Å². The number of imide groups is 1. The van der Waals surface area contributed by atoms with E-state index >= 15 is 0 Å². The third-order valence-electron chi connectivity index (χ3n) is 4.79. The third-order valence-corrected chi connectivity index (χ3v) is 4.79. The lowest BCUT2D eigenvalue weighted by atomic mass is 10.1. The quantitative estimate of drug-likeness (QED) is 0.772. The van der Waals surface area contributed by atoms with Gasteiger partial charge in [0.2, 0.25) is 17.7 Å². The Labute approximate surface area is 152 Å². The maximum Gasteiger partial charge on any atom is 0.251 e. The molecule has 138 valence electrons. The predicted octanol–water partition coefficient (Wildman–Crippen LogP) is 1.08. The summed E-state index contributed by atoms with van der Waals surface area (Å²) in [7, 11) is 0. The summed E-state index contributed by atoms with van der Waals surface area (Å²) >= 11 is 0. The Hall–Kier alpha value is -2.70. The van der Waals surface area contributed by atoms with Crippen molar-refractivity contribution in [3.63, 3.8) is 0 Å². The largest absolute Gasteiger partial charge is 0.352 e. The van der Waals surface area contributed by atoms with Crippen LogP contribution in [0, 0.1) is 0 Å². The zero-order chi connectivity index (χ0) is 18.5. The molecule has 1 aromatic rings. The maximum atomic E-state index is 12.2. The Morgan fingerprint density at radius 2 is 1.58 bits per heavy atom. The van der Waals surface area contributed by atoms with Crippen LogP contribution in [0.25, 0.3) is 0 Å². The van der Waals surface area contributed by atoms with Gasteiger partial charge in [-0.2, -0.15) is 0 Å². The zero-order valence-corrected chi connectivity index (χ0v) is 14.7. The molecule has 2 aliphatic rings. The van der Waals surface area contributed by atoms with Gasteiger partial charge in [0, 0.05) is 44.5 Å². The SMILES string of the molecule is O=C(NCCC(=O)N1CCCC1)c1ccc(CN2C(=O)CCC2=O)cc1. The summed E-state index contributed by atoms with van der Waals surface area (Å²) in [5.41, 5.74) is 1.29. The molecule has 0 unspecified atom stereocenters. The highest BCUT2D eigenvalue weighted by molar-refractivity contribution is 6.01. The predicted molar refractivity (Wildman–Crippen MR) is 94.0 cm³/mol. The molecule has 1 N–H and O–H groups in total. The highest BCUT2D eigenvalue weighted by Crippen LogP contribution is 2.16. The smallest absolute Gasteiger partial charge is 0.251 e. The van der Waals surface area contributed by atoms with Crippen molar-refractivity contribution in [2.24, 2.45) is 0 Å². The van der Waals surface area contributed by atoms with Crippen LogP contribution in [0.2, 0.25) is 0 Å². The molecule has 1 aromatic carbocycles. The van der Waals surface area contributed by atoms with E-state index in [2.05, 4.69) is 5.32 Å². The minimum Gasteiger partial charge on any atom is -0.352 e. The standard InChI is InChI=1S/C19H23N3O4/c23-16(21-11-1-2-12-21)9-10-20-19(26)15-5-3-14(4-6-15)13-22-17(24)7-8-18(22)25/h3-6H,1-2,7-13H2,(H,20,26). The molecule has 0 atom stereocenters. The van der Waals surface area contributed by atoms with Crippen LogP contribution in [0.4, 0.5) is 0 Å². The van der Waals surface area contributed by atoms with Crippen molar-refractivity contribution in [1.82, 2.24) is 15.1 Å². The molecule has 0 aromatic heterocycles. The van der Waals surface area contributed by atoms with E-state index < -0.39 is 0 Å². The van der Waals surface area contributed by atoms with E-state index in [1.165, 1.54) is 4.90 Å². The van der Waals surface area contributed by atoms with Crippen molar-refractivity contribution < 1.29 is 19.2 Å². The number of rotatable bonds is 6. The Kier molecular flexibility index (Phi) is 5.65. The topological polar surface area (TPSA) is 86.8 Å². The summed E-state index contributed by atoms with van der Waals surface area (Å²) in [6.45, 7) is 2.18. The number of hydrogen-bond acceptors (Lipinski definition) is 4. The van der Waals surface area contributed by atoms with E-state index in [4.69, 9.17) is 0 Å². The van der Waals surface area contributed by atoms with Crippen LogP contribution in [0.3, 0.4) is 0 Å². The maximum absolute atomic E-state index is 12.2. The fourth-order valence-corrected chi connectivity index (χ4v) is 3.25. The first-order valence-electron chi connectivity index (χ1n) is 9.03.